The Morgan fingerprint density at radius 3 is 2.62 bits per heavy atom. The number of hydrogen-bond donors (Lipinski definition) is 2. The van der Waals surface area contributed by atoms with Crippen LogP contribution in [0.15, 0.2) is 24.3 Å². The lowest BCUT2D eigenvalue weighted by atomic mass is 10.2. The maximum absolute atomic E-state index is 12.2. The quantitative estimate of drug-likeness (QED) is 0.849. The third-order valence-corrected chi connectivity index (χ3v) is 5.13. The number of rotatable bonds is 2. The first-order chi connectivity index (χ1) is 9.80. The Kier molecular flexibility index (Phi) is 4.17. The summed E-state index contributed by atoms with van der Waals surface area (Å²) in [6, 6.07) is 5.13. The number of nitrogens with zero attached hydrogens (tertiary/aromatic N) is 1. The zero-order valence-electron chi connectivity index (χ0n) is 11.4. The molecule has 0 saturated carbocycles. The molecule has 7 nitrogen and oxygen atoms in total. The molecule has 1 heterocycles. The van der Waals surface area contributed by atoms with Gasteiger partial charge in [0.2, 0.25) is 0 Å². The van der Waals surface area contributed by atoms with E-state index in [2.05, 4.69) is 5.32 Å². The van der Waals surface area contributed by atoms with Gasteiger partial charge in [0.25, 0.3) is 0 Å². The SMILES string of the molecule is CC1CS(=O)(=O)CCN1C(=O)Nc1ccccc1C(=O)O. The normalized spacial score (nSPS) is 20.8. The lowest BCUT2D eigenvalue weighted by Gasteiger charge is -2.33. The molecule has 1 aliphatic heterocycles. The molecule has 21 heavy (non-hydrogen) atoms. The van der Waals surface area contributed by atoms with E-state index in [-0.39, 0.29) is 29.3 Å². The van der Waals surface area contributed by atoms with Crippen LogP contribution in [-0.4, -0.2) is 54.5 Å². The fraction of sp³-hybridized carbons (Fsp3) is 0.385. The Balaban J connectivity index is 2.14. The van der Waals surface area contributed by atoms with Gasteiger partial charge in [0.05, 0.1) is 22.8 Å². The van der Waals surface area contributed by atoms with Crippen LogP contribution in [-0.2, 0) is 9.84 Å². The molecule has 0 radical (unpaired) electrons. The number of aromatic carboxylic acids is 1. The maximum Gasteiger partial charge on any atom is 0.337 e. The molecule has 2 rings (SSSR count). The van der Waals surface area contributed by atoms with Gasteiger partial charge in [-0.3, -0.25) is 0 Å². The van der Waals surface area contributed by atoms with Gasteiger partial charge in [-0.2, -0.15) is 0 Å². The first-order valence-electron chi connectivity index (χ1n) is 6.40. The minimum atomic E-state index is -3.11. The summed E-state index contributed by atoms with van der Waals surface area (Å²) in [6.07, 6.45) is 0. The predicted molar refractivity (Wildman–Crippen MR) is 77.2 cm³/mol. The number of anilines is 1. The Morgan fingerprint density at radius 1 is 1.33 bits per heavy atom. The van der Waals surface area contributed by atoms with Crippen molar-refractivity contribution in [2.75, 3.05) is 23.4 Å². The first-order valence-corrected chi connectivity index (χ1v) is 8.22. The van der Waals surface area contributed by atoms with E-state index < -0.39 is 27.9 Å². The van der Waals surface area contributed by atoms with E-state index in [0.717, 1.165) is 0 Å². The van der Waals surface area contributed by atoms with Gasteiger partial charge in [0.1, 0.15) is 0 Å². The van der Waals surface area contributed by atoms with Crippen LogP contribution >= 0.6 is 0 Å². The van der Waals surface area contributed by atoms with Crippen LogP contribution in [0.4, 0.5) is 10.5 Å². The predicted octanol–water partition coefficient (Wildman–Crippen LogP) is 1.04. The van der Waals surface area contributed by atoms with Crippen LogP contribution < -0.4 is 5.32 Å². The summed E-state index contributed by atoms with van der Waals surface area (Å²) in [5, 5.41) is 11.6. The van der Waals surface area contributed by atoms with Gasteiger partial charge >= 0.3 is 12.0 Å². The standard InChI is InChI=1S/C13H16N2O5S/c1-9-8-21(19,20)7-6-15(9)13(18)14-11-5-3-2-4-10(11)12(16)17/h2-5,9H,6-8H2,1H3,(H,14,18)(H,16,17). The van der Waals surface area contributed by atoms with Crippen LogP contribution in [0.2, 0.25) is 0 Å². The topological polar surface area (TPSA) is 104 Å². The molecule has 0 spiro atoms. The number of hydrogen-bond acceptors (Lipinski definition) is 4. The van der Waals surface area contributed by atoms with E-state index in [9.17, 15) is 18.0 Å². The molecule has 2 amide bonds. The molecule has 1 atom stereocenters. The van der Waals surface area contributed by atoms with Crippen LogP contribution in [0.1, 0.15) is 17.3 Å². The summed E-state index contributed by atoms with van der Waals surface area (Å²) in [4.78, 5) is 24.7. The number of benzene rings is 1. The average molecular weight is 312 g/mol. The van der Waals surface area contributed by atoms with Gasteiger partial charge < -0.3 is 15.3 Å². The molecule has 2 N–H and O–H groups in total. The van der Waals surface area contributed by atoms with Crippen molar-refractivity contribution in [3.63, 3.8) is 0 Å². The van der Waals surface area contributed by atoms with Crippen molar-refractivity contribution in [2.45, 2.75) is 13.0 Å². The highest BCUT2D eigenvalue weighted by atomic mass is 32.2. The molecule has 1 fully saturated rings. The molecule has 0 aliphatic carbocycles. The molecule has 1 aromatic rings. The third kappa shape index (κ3) is 3.52. The van der Waals surface area contributed by atoms with Crippen LogP contribution in [0.3, 0.4) is 0 Å². The fourth-order valence-corrected chi connectivity index (χ4v) is 3.82. The molecular weight excluding hydrogens is 296 g/mol. The number of carbonyl (C=O) groups excluding carboxylic acids is 1. The van der Waals surface area contributed by atoms with Crippen molar-refractivity contribution in [1.82, 2.24) is 4.90 Å². The summed E-state index contributed by atoms with van der Waals surface area (Å²) in [7, 11) is -3.11. The minimum absolute atomic E-state index is 0.0110. The van der Waals surface area contributed by atoms with Crippen LogP contribution in [0.25, 0.3) is 0 Å². The fourth-order valence-electron chi connectivity index (χ4n) is 2.27. The van der Waals surface area contributed by atoms with E-state index in [1.165, 1.54) is 17.0 Å². The Labute approximate surface area is 122 Å². The van der Waals surface area contributed by atoms with Gasteiger partial charge in [-0.15, -0.1) is 0 Å². The summed E-state index contributed by atoms with van der Waals surface area (Å²) in [5.74, 6) is -1.30. The van der Waals surface area contributed by atoms with Gasteiger partial charge in [-0.1, -0.05) is 12.1 Å². The van der Waals surface area contributed by atoms with E-state index >= 15 is 0 Å². The van der Waals surface area contributed by atoms with E-state index in [0.29, 0.717) is 0 Å². The third-order valence-electron chi connectivity index (χ3n) is 3.33. The summed E-state index contributed by atoms with van der Waals surface area (Å²) < 4.78 is 23.0. The summed E-state index contributed by atoms with van der Waals surface area (Å²) in [5.41, 5.74) is 0.179. The van der Waals surface area contributed by atoms with Crippen molar-refractivity contribution in [3.8, 4) is 0 Å². The molecule has 1 unspecified atom stereocenters. The molecule has 8 heteroatoms. The van der Waals surface area contributed by atoms with Gasteiger partial charge in [0.15, 0.2) is 9.84 Å². The second kappa shape index (κ2) is 5.72. The minimum Gasteiger partial charge on any atom is -0.478 e. The van der Waals surface area contributed by atoms with Gasteiger partial charge in [-0.05, 0) is 19.1 Å². The molecule has 0 bridgehead atoms. The smallest absolute Gasteiger partial charge is 0.337 e. The summed E-state index contributed by atoms with van der Waals surface area (Å²) in [6.45, 7) is 1.75. The molecule has 1 aromatic carbocycles. The van der Waals surface area contributed by atoms with Crippen molar-refractivity contribution < 1.29 is 23.1 Å². The average Bonchev–Trinajstić information content (AvgIpc) is 2.37. The number of carbonyl (C=O) groups is 2. The maximum atomic E-state index is 12.2. The molecule has 0 aromatic heterocycles. The highest BCUT2D eigenvalue weighted by Gasteiger charge is 2.31. The lowest BCUT2D eigenvalue weighted by molar-refractivity contribution is 0.0698. The first kappa shape index (κ1) is 15.3. The lowest BCUT2D eigenvalue weighted by Crippen LogP contribution is -2.51. The number of para-hydroxylation sites is 1. The number of amides is 2. The Bertz CT molecular complexity index is 671. The van der Waals surface area contributed by atoms with Crippen molar-refractivity contribution in [3.05, 3.63) is 29.8 Å². The number of nitrogens with one attached hydrogen (secondary N) is 1. The van der Waals surface area contributed by atoms with E-state index in [1.54, 1.807) is 19.1 Å². The van der Waals surface area contributed by atoms with Crippen molar-refractivity contribution in [1.29, 1.82) is 0 Å². The Hall–Kier alpha value is -2.09. The largest absolute Gasteiger partial charge is 0.478 e. The number of carboxylic acids is 1. The van der Waals surface area contributed by atoms with Crippen LogP contribution in [0, 0.1) is 0 Å². The molecule has 1 saturated heterocycles. The van der Waals surface area contributed by atoms with Crippen molar-refractivity contribution >= 4 is 27.5 Å². The van der Waals surface area contributed by atoms with Crippen LogP contribution in [0.5, 0.6) is 0 Å². The highest BCUT2D eigenvalue weighted by molar-refractivity contribution is 7.91. The molecule has 1 aliphatic rings. The second-order valence-electron chi connectivity index (χ2n) is 4.94. The Morgan fingerprint density at radius 2 is 2.00 bits per heavy atom. The van der Waals surface area contributed by atoms with Gasteiger partial charge in [0, 0.05) is 12.6 Å². The second-order valence-corrected chi connectivity index (χ2v) is 7.17. The zero-order valence-corrected chi connectivity index (χ0v) is 12.3. The van der Waals surface area contributed by atoms with E-state index in [4.69, 9.17) is 5.11 Å². The molecular formula is C13H16N2O5S. The van der Waals surface area contributed by atoms with Crippen molar-refractivity contribution in [2.24, 2.45) is 0 Å². The monoisotopic (exact) mass is 312 g/mol. The molecule has 114 valence electrons. The number of carboxylic acid groups (broad SMARTS) is 1. The summed E-state index contributed by atoms with van der Waals surface area (Å²) >= 11 is 0. The highest BCUT2D eigenvalue weighted by Crippen LogP contribution is 2.18. The number of sulfone groups is 1. The number of urea groups is 1. The van der Waals surface area contributed by atoms with E-state index in [1.807, 2.05) is 0 Å². The van der Waals surface area contributed by atoms with Gasteiger partial charge in [-0.25, -0.2) is 18.0 Å². The zero-order chi connectivity index (χ0) is 15.6.